The molecule has 2 atom stereocenters. The number of rotatable bonds is 5. The molecule has 0 aliphatic heterocycles. The number of fused-ring (bicyclic) bond motifs is 2. The lowest BCUT2D eigenvalue weighted by molar-refractivity contribution is 0.758. The predicted octanol–water partition coefficient (Wildman–Crippen LogP) is 6.19. The number of hydrogen-bond acceptors (Lipinski definition) is 4. The lowest BCUT2D eigenvalue weighted by Gasteiger charge is -2.16. The van der Waals surface area contributed by atoms with Crippen molar-refractivity contribution in [3.63, 3.8) is 0 Å². The second-order valence-electron chi connectivity index (χ2n) is 7.46. The Morgan fingerprint density at radius 2 is 1.72 bits per heavy atom. The minimum absolute atomic E-state index is 0.285. The molecule has 0 saturated heterocycles. The van der Waals surface area contributed by atoms with E-state index in [1.165, 1.54) is 11.1 Å². The van der Waals surface area contributed by atoms with Crippen molar-refractivity contribution in [2.24, 2.45) is 5.18 Å². The number of nitroso groups, excluding NO2 is 1. The van der Waals surface area contributed by atoms with E-state index in [1.807, 2.05) is 60.7 Å². The quantitative estimate of drug-likeness (QED) is 0.421. The van der Waals surface area contributed by atoms with E-state index < -0.39 is 6.04 Å². The molecule has 4 heteroatoms. The third-order valence-electron chi connectivity index (χ3n) is 5.74. The Hall–Kier alpha value is -3.53. The molecule has 1 aromatic heterocycles. The average molecular weight is 379 g/mol. The number of benzene rings is 3. The van der Waals surface area contributed by atoms with Crippen molar-refractivity contribution in [3.05, 3.63) is 112 Å². The number of pyridine rings is 1. The highest BCUT2D eigenvalue weighted by atomic mass is 16.3. The first kappa shape index (κ1) is 17.6. The van der Waals surface area contributed by atoms with Crippen molar-refractivity contribution in [2.75, 3.05) is 5.32 Å². The van der Waals surface area contributed by atoms with Gasteiger partial charge in [0.2, 0.25) is 0 Å². The lowest BCUT2D eigenvalue weighted by Crippen LogP contribution is -2.08. The molecule has 0 spiro atoms. The van der Waals surface area contributed by atoms with Gasteiger partial charge in [0, 0.05) is 5.39 Å². The van der Waals surface area contributed by atoms with E-state index in [-0.39, 0.29) is 6.04 Å². The maximum atomic E-state index is 11.7. The van der Waals surface area contributed by atoms with Crippen molar-refractivity contribution in [1.82, 2.24) is 4.98 Å². The molecule has 0 saturated carbocycles. The highest BCUT2D eigenvalue weighted by Crippen LogP contribution is 2.35. The molecule has 0 amide bonds. The third kappa shape index (κ3) is 3.27. The van der Waals surface area contributed by atoms with Gasteiger partial charge in [0.25, 0.3) is 0 Å². The van der Waals surface area contributed by atoms with Crippen LogP contribution in [-0.2, 0) is 6.42 Å². The van der Waals surface area contributed by atoms with Crippen molar-refractivity contribution in [2.45, 2.75) is 24.9 Å². The molecular weight excluding hydrogens is 358 g/mol. The van der Waals surface area contributed by atoms with Crippen LogP contribution in [0, 0.1) is 4.91 Å². The summed E-state index contributed by atoms with van der Waals surface area (Å²) in [6.07, 6.45) is 2.17. The number of nitrogens with one attached hydrogen (secondary N) is 1. The lowest BCUT2D eigenvalue weighted by atomic mass is 9.96. The van der Waals surface area contributed by atoms with E-state index in [9.17, 15) is 4.91 Å². The summed E-state index contributed by atoms with van der Waals surface area (Å²) >= 11 is 0. The number of aryl methyl sites for hydroxylation is 1. The van der Waals surface area contributed by atoms with E-state index in [2.05, 4.69) is 34.8 Å². The van der Waals surface area contributed by atoms with Gasteiger partial charge in [-0.2, -0.15) is 0 Å². The summed E-state index contributed by atoms with van der Waals surface area (Å²) in [4.78, 5) is 16.5. The standard InChI is InChI=1S/C25H21N3O/c29-28-25(18-8-2-1-3-9-18)21-11-6-12-22-20(21)14-16-24(26-22)27-23-15-13-17-7-4-5-10-19(17)23/h1-12,14,16,23,25H,13,15H2,(H,26,27). The molecule has 1 N–H and O–H groups in total. The second kappa shape index (κ2) is 7.47. The zero-order valence-electron chi connectivity index (χ0n) is 16.0. The van der Waals surface area contributed by atoms with Crippen molar-refractivity contribution >= 4 is 16.7 Å². The van der Waals surface area contributed by atoms with Gasteiger partial charge in [-0.3, -0.25) is 0 Å². The summed E-state index contributed by atoms with van der Waals surface area (Å²) in [5.41, 5.74) is 5.41. The van der Waals surface area contributed by atoms with Gasteiger partial charge >= 0.3 is 0 Å². The van der Waals surface area contributed by atoms with Gasteiger partial charge in [-0.1, -0.05) is 71.9 Å². The van der Waals surface area contributed by atoms with Crippen LogP contribution in [0.2, 0.25) is 0 Å². The first-order valence-corrected chi connectivity index (χ1v) is 9.95. The first-order chi connectivity index (χ1) is 14.3. The maximum Gasteiger partial charge on any atom is 0.143 e. The van der Waals surface area contributed by atoms with Gasteiger partial charge in [0.1, 0.15) is 11.9 Å². The molecule has 142 valence electrons. The molecule has 0 fully saturated rings. The van der Waals surface area contributed by atoms with Gasteiger partial charge in [0.15, 0.2) is 0 Å². The third-order valence-corrected chi connectivity index (χ3v) is 5.74. The molecular formula is C25H21N3O. The van der Waals surface area contributed by atoms with E-state index in [0.29, 0.717) is 0 Å². The minimum Gasteiger partial charge on any atom is -0.363 e. The molecule has 0 bridgehead atoms. The average Bonchev–Trinajstić information content (AvgIpc) is 3.18. The fourth-order valence-electron chi connectivity index (χ4n) is 4.32. The van der Waals surface area contributed by atoms with Gasteiger partial charge < -0.3 is 5.32 Å². The highest BCUT2D eigenvalue weighted by Gasteiger charge is 2.22. The summed E-state index contributed by atoms with van der Waals surface area (Å²) in [5.74, 6) is 0.853. The van der Waals surface area contributed by atoms with E-state index in [4.69, 9.17) is 4.98 Å². The number of aromatic nitrogens is 1. The van der Waals surface area contributed by atoms with Crippen LogP contribution in [0.25, 0.3) is 10.9 Å². The molecule has 2 unspecified atom stereocenters. The van der Waals surface area contributed by atoms with Gasteiger partial charge in [-0.25, -0.2) is 4.98 Å². The van der Waals surface area contributed by atoms with Gasteiger partial charge in [-0.05, 0) is 53.3 Å². The number of nitrogens with zero attached hydrogens (tertiary/aromatic N) is 2. The predicted molar refractivity (Wildman–Crippen MR) is 117 cm³/mol. The fourth-order valence-corrected chi connectivity index (χ4v) is 4.32. The van der Waals surface area contributed by atoms with Crippen LogP contribution in [-0.4, -0.2) is 4.98 Å². The number of anilines is 1. The molecule has 1 heterocycles. The monoisotopic (exact) mass is 379 g/mol. The number of hydrogen-bond donors (Lipinski definition) is 1. The normalized spacial score (nSPS) is 16.3. The molecule has 1 aliphatic carbocycles. The molecule has 5 rings (SSSR count). The maximum absolute atomic E-state index is 11.7. The Balaban J connectivity index is 1.49. The zero-order valence-corrected chi connectivity index (χ0v) is 16.0. The zero-order chi connectivity index (χ0) is 19.6. The molecule has 29 heavy (non-hydrogen) atoms. The van der Waals surface area contributed by atoms with E-state index in [0.717, 1.165) is 40.7 Å². The molecule has 0 radical (unpaired) electrons. The van der Waals surface area contributed by atoms with Crippen LogP contribution in [0.3, 0.4) is 0 Å². The largest absolute Gasteiger partial charge is 0.363 e. The Kier molecular flexibility index (Phi) is 4.53. The molecule has 4 aromatic rings. The Morgan fingerprint density at radius 3 is 2.59 bits per heavy atom. The molecule has 1 aliphatic rings. The van der Waals surface area contributed by atoms with E-state index >= 15 is 0 Å². The van der Waals surface area contributed by atoms with Gasteiger partial charge in [0.05, 0.1) is 11.6 Å². The summed E-state index contributed by atoms with van der Waals surface area (Å²) in [6.45, 7) is 0. The van der Waals surface area contributed by atoms with Crippen LogP contribution in [0.4, 0.5) is 5.82 Å². The van der Waals surface area contributed by atoms with Crippen LogP contribution < -0.4 is 5.32 Å². The smallest absolute Gasteiger partial charge is 0.143 e. The van der Waals surface area contributed by atoms with Crippen molar-refractivity contribution < 1.29 is 0 Å². The van der Waals surface area contributed by atoms with Crippen LogP contribution in [0.1, 0.15) is 40.8 Å². The summed E-state index contributed by atoms with van der Waals surface area (Å²) in [7, 11) is 0. The Morgan fingerprint density at radius 1 is 0.897 bits per heavy atom. The van der Waals surface area contributed by atoms with Crippen LogP contribution in [0.15, 0.2) is 90.1 Å². The van der Waals surface area contributed by atoms with Crippen LogP contribution in [0.5, 0.6) is 0 Å². The Labute approximate surface area is 169 Å². The highest BCUT2D eigenvalue weighted by molar-refractivity contribution is 5.84. The van der Waals surface area contributed by atoms with Crippen LogP contribution >= 0.6 is 0 Å². The summed E-state index contributed by atoms with van der Waals surface area (Å²) in [6, 6.07) is 27.9. The van der Waals surface area contributed by atoms with E-state index in [1.54, 1.807) is 0 Å². The second-order valence-corrected chi connectivity index (χ2v) is 7.46. The van der Waals surface area contributed by atoms with Crippen molar-refractivity contribution in [1.29, 1.82) is 0 Å². The van der Waals surface area contributed by atoms with Crippen molar-refractivity contribution in [3.8, 4) is 0 Å². The summed E-state index contributed by atoms with van der Waals surface area (Å²) < 4.78 is 0. The fraction of sp³-hybridized carbons (Fsp3) is 0.160. The topological polar surface area (TPSA) is 54.4 Å². The molecule has 3 aromatic carbocycles. The molecule has 4 nitrogen and oxygen atoms in total. The Bertz CT molecular complexity index is 1170. The van der Waals surface area contributed by atoms with Gasteiger partial charge in [-0.15, -0.1) is 4.91 Å². The minimum atomic E-state index is -0.540. The SMILES string of the molecule is O=NC(c1ccccc1)c1cccc2nc(NC3CCc4ccccc43)ccc12. The summed E-state index contributed by atoms with van der Waals surface area (Å²) in [5, 5.41) is 7.96. The first-order valence-electron chi connectivity index (χ1n) is 9.95.